The Bertz CT molecular complexity index is 983. The van der Waals surface area contributed by atoms with Crippen molar-refractivity contribution in [1.82, 2.24) is 19.6 Å². The molecule has 0 saturated carbocycles. The monoisotopic (exact) mass is 370 g/mol. The van der Waals surface area contributed by atoms with Gasteiger partial charge in [0.25, 0.3) is 5.78 Å². The van der Waals surface area contributed by atoms with Crippen LogP contribution in [0.4, 0.5) is 4.39 Å². The quantitative estimate of drug-likeness (QED) is 0.361. The molecular formula is C19H19FN4O3. The second-order valence-electron chi connectivity index (χ2n) is 6.16. The Hall–Kier alpha value is -3.16. The van der Waals surface area contributed by atoms with E-state index in [1.807, 2.05) is 13.8 Å². The van der Waals surface area contributed by atoms with E-state index in [4.69, 9.17) is 4.74 Å². The maximum absolute atomic E-state index is 12.9. The number of hydrogen-bond acceptors (Lipinski definition) is 6. The van der Waals surface area contributed by atoms with Crippen molar-refractivity contribution < 1.29 is 18.7 Å². The lowest BCUT2D eigenvalue weighted by Gasteiger charge is -2.10. The van der Waals surface area contributed by atoms with E-state index in [2.05, 4.69) is 15.1 Å². The van der Waals surface area contributed by atoms with Crippen molar-refractivity contribution in [3.8, 4) is 0 Å². The van der Waals surface area contributed by atoms with Gasteiger partial charge in [-0.05, 0) is 44.5 Å². The first-order valence-corrected chi connectivity index (χ1v) is 8.56. The predicted molar refractivity (Wildman–Crippen MR) is 94.9 cm³/mol. The van der Waals surface area contributed by atoms with Crippen molar-refractivity contribution in [2.75, 3.05) is 6.61 Å². The lowest BCUT2D eigenvalue weighted by molar-refractivity contribution is -0.142. The number of esters is 1. The van der Waals surface area contributed by atoms with Crippen LogP contribution in [0.25, 0.3) is 5.78 Å². The van der Waals surface area contributed by atoms with Crippen molar-refractivity contribution >= 4 is 17.5 Å². The van der Waals surface area contributed by atoms with E-state index in [1.54, 1.807) is 4.52 Å². The summed E-state index contributed by atoms with van der Waals surface area (Å²) in [4.78, 5) is 32.5. The number of benzene rings is 1. The number of aryl methyl sites for hydroxylation is 2. The molecule has 0 atom stereocenters. The molecule has 27 heavy (non-hydrogen) atoms. The number of ketones is 1. The van der Waals surface area contributed by atoms with Gasteiger partial charge in [-0.2, -0.15) is 10.1 Å². The van der Waals surface area contributed by atoms with Crippen molar-refractivity contribution in [2.45, 2.75) is 33.1 Å². The van der Waals surface area contributed by atoms with Gasteiger partial charge in [0, 0.05) is 28.9 Å². The summed E-state index contributed by atoms with van der Waals surface area (Å²) < 4.78 is 19.7. The Morgan fingerprint density at radius 1 is 1.19 bits per heavy atom. The van der Waals surface area contributed by atoms with Gasteiger partial charge in [-0.15, -0.1) is 0 Å². The average Bonchev–Trinajstić information content (AvgIpc) is 3.11. The van der Waals surface area contributed by atoms with E-state index < -0.39 is 5.97 Å². The van der Waals surface area contributed by atoms with Crippen LogP contribution >= 0.6 is 0 Å². The Morgan fingerprint density at radius 2 is 1.93 bits per heavy atom. The molecule has 0 aliphatic heterocycles. The van der Waals surface area contributed by atoms with Crippen molar-refractivity contribution in [3.63, 3.8) is 0 Å². The summed E-state index contributed by atoms with van der Waals surface area (Å²) >= 11 is 0. The summed E-state index contributed by atoms with van der Waals surface area (Å²) in [5.41, 5.74) is 2.69. The number of hydrogen-bond donors (Lipinski definition) is 0. The van der Waals surface area contributed by atoms with Crippen LogP contribution in [0.5, 0.6) is 0 Å². The highest BCUT2D eigenvalue weighted by atomic mass is 19.1. The van der Waals surface area contributed by atoms with Gasteiger partial charge in [0.05, 0.1) is 13.0 Å². The van der Waals surface area contributed by atoms with Gasteiger partial charge in [-0.25, -0.2) is 13.9 Å². The number of Topliss-reactive ketones (excluding diaryl/α,β-unsaturated/α-hetero) is 1. The fourth-order valence-electron chi connectivity index (χ4n) is 2.81. The number of carbonyl (C=O) groups excluding carboxylic acids is 2. The molecule has 0 amide bonds. The van der Waals surface area contributed by atoms with Crippen LogP contribution in [0.2, 0.25) is 0 Å². The van der Waals surface area contributed by atoms with Gasteiger partial charge >= 0.3 is 5.97 Å². The van der Waals surface area contributed by atoms with Crippen LogP contribution in [0.15, 0.2) is 30.6 Å². The van der Waals surface area contributed by atoms with Crippen LogP contribution in [0, 0.1) is 19.7 Å². The van der Waals surface area contributed by atoms with Crippen molar-refractivity contribution in [3.05, 3.63) is 58.9 Å². The molecule has 0 unspecified atom stereocenters. The highest BCUT2D eigenvalue weighted by Gasteiger charge is 2.15. The number of halogens is 1. The third-order valence-electron chi connectivity index (χ3n) is 4.29. The number of ether oxygens (including phenoxy) is 1. The van der Waals surface area contributed by atoms with Gasteiger partial charge in [0.2, 0.25) is 0 Å². The zero-order valence-corrected chi connectivity index (χ0v) is 15.1. The lowest BCUT2D eigenvalue weighted by Crippen LogP contribution is -2.14. The molecule has 3 aromatic rings. The number of nitrogens with zero attached hydrogens (tertiary/aromatic N) is 4. The van der Waals surface area contributed by atoms with Gasteiger partial charge in [-0.1, -0.05) is 0 Å². The highest BCUT2D eigenvalue weighted by molar-refractivity contribution is 5.95. The summed E-state index contributed by atoms with van der Waals surface area (Å²) in [6.07, 6.45) is 2.12. The van der Waals surface area contributed by atoms with E-state index in [-0.39, 0.29) is 31.0 Å². The first-order chi connectivity index (χ1) is 13.0. The molecule has 7 nitrogen and oxygen atoms in total. The molecule has 0 aliphatic carbocycles. The molecule has 1 aromatic carbocycles. The van der Waals surface area contributed by atoms with Crippen molar-refractivity contribution in [1.29, 1.82) is 0 Å². The summed E-state index contributed by atoms with van der Waals surface area (Å²) in [5.74, 6) is -0.402. The summed E-state index contributed by atoms with van der Waals surface area (Å²) in [7, 11) is 0. The summed E-state index contributed by atoms with van der Waals surface area (Å²) in [6, 6.07) is 5.39. The van der Waals surface area contributed by atoms with Crippen molar-refractivity contribution in [2.24, 2.45) is 0 Å². The van der Waals surface area contributed by atoms with Gasteiger partial charge in [0.15, 0.2) is 5.78 Å². The molecule has 0 spiro atoms. The molecule has 0 fully saturated rings. The maximum Gasteiger partial charge on any atom is 0.310 e. The third kappa shape index (κ3) is 4.33. The second-order valence-corrected chi connectivity index (χ2v) is 6.16. The first kappa shape index (κ1) is 18.6. The molecule has 140 valence electrons. The molecule has 0 aliphatic rings. The average molecular weight is 370 g/mol. The highest BCUT2D eigenvalue weighted by Crippen LogP contribution is 2.14. The first-order valence-electron chi connectivity index (χ1n) is 8.56. The Morgan fingerprint density at radius 3 is 2.67 bits per heavy atom. The van der Waals surface area contributed by atoms with E-state index in [1.165, 1.54) is 30.6 Å². The molecule has 0 radical (unpaired) electrons. The minimum atomic E-state index is -0.392. The molecule has 0 N–H and O–H groups in total. The minimum Gasteiger partial charge on any atom is -0.465 e. The zero-order valence-electron chi connectivity index (χ0n) is 15.1. The molecule has 2 aromatic heterocycles. The normalized spacial score (nSPS) is 10.9. The van der Waals surface area contributed by atoms with E-state index in [0.717, 1.165) is 11.3 Å². The smallest absolute Gasteiger partial charge is 0.310 e. The molecular weight excluding hydrogens is 351 g/mol. The molecule has 0 bridgehead atoms. The van der Waals surface area contributed by atoms with Crippen LogP contribution in [-0.4, -0.2) is 37.9 Å². The fourth-order valence-corrected chi connectivity index (χ4v) is 2.81. The standard InChI is InChI=1S/C19H19FN4O3/c1-12-16(13(2)24-19(23-12)21-11-22-24)10-18(26)27-9-3-4-17(25)14-5-7-15(20)8-6-14/h5-8,11H,3-4,9-10H2,1-2H3. The van der Waals surface area contributed by atoms with Gasteiger partial charge in [-0.3, -0.25) is 9.59 Å². The van der Waals surface area contributed by atoms with Crippen LogP contribution in [-0.2, 0) is 16.0 Å². The Kier molecular flexibility index (Phi) is 5.54. The van der Waals surface area contributed by atoms with E-state index in [9.17, 15) is 14.0 Å². The van der Waals surface area contributed by atoms with E-state index >= 15 is 0 Å². The second kappa shape index (κ2) is 8.03. The summed E-state index contributed by atoms with van der Waals surface area (Å²) in [5, 5.41) is 4.09. The van der Waals surface area contributed by atoms with E-state index in [0.29, 0.717) is 23.5 Å². The van der Waals surface area contributed by atoms with Gasteiger partial charge in [0.1, 0.15) is 12.1 Å². The van der Waals surface area contributed by atoms with Crippen LogP contribution in [0.3, 0.4) is 0 Å². The Labute approximate surface area is 155 Å². The minimum absolute atomic E-state index is 0.0758. The SMILES string of the molecule is Cc1nc2ncnn2c(C)c1CC(=O)OCCCC(=O)c1ccc(F)cc1. The molecule has 2 heterocycles. The van der Waals surface area contributed by atoms with Gasteiger partial charge < -0.3 is 4.74 Å². The summed E-state index contributed by atoms with van der Waals surface area (Å²) in [6.45, 7) is 3.80. The largest absolute Gasteiger partial charge is 0.465 e. The molecule has 3 rings (SSSR count). The number of carbonyl (C=O) groups is 2. The third-order valence-corrected chi connectivity index (χ3v) is 4.29. The number of rotatable bonds is 7. The zero-order chi connectivity index (χ0) is 19.4. The molecule has 8 heteroatoms. The molecule has 0 saturated heterocycles. The fraction of sp³-hybridized carbons (Fsp3) is 0.316. The maximum atomic E-state index is 12.9. The topological polar surface area (TPSA) is 86.4 Å². The number of fused-ring (bicyclic) bond motifs is 1. The van der Waals surface area contributed by atoms with Crippen LogP contribution < -0.4 is 0 Å². The predicted octanol–water partition coefficient (Wildman–Crippen LogP) is 2.63. The number of aromatic nitrogens is 4. The van der Waals surface area contributed by atoms with Crippen LogP contribution in [0.1, 0.15) is 40.2 Å². The lowest BCUT2D eigenvalue weighted by atomic mass is 10.1. The Balaban J connectivity index is 1.50.